The van der Waals surface area contributed by atoms with E-state index in [2.05, 4.69) is 6.58 Å². The molecular formula is C9H14FN. The molecule has 0 amide bonds. The maximum atomic E-state index is 12.9. The lowest BCUT2D eigenvalue weighted by Crippen LogP contribution is -2.16. The highest BCUT2D eigenvalue weighted by Gasteiger charge is 2.05. The monoisotopic (exact) mass is 155 g/mol. The molecule has 11 heavy (non-hydrogen) atoms. The predicted molar refractivity (Wildman–Crippen MR) is 47.0 cm³/mol. The van der Waals surface area contributed by atoms with Crippen molar-refractivity contribution in [1.29, 1.82) is 0 Å². The van der Waals surface area contributed by atoms with E-state index in [-0.39, 0.29) is 6.54 Å². The minimum Gasteiger partial charge on any atom is -0.327 e. The Morgan fingerprint density at radius 2 is 2.36 bits per heavy atom. The molecule has 62 valence electrons. The summed E-state index contributed by atoms with van der Waals surface area (Å²) in [7, 11) is 0. The van der Waals surface area contributed by atoms with E-state index in [1.54, 1.807) is 24.3 Å². The van der Waals surface area contributed by atoms with Crippen molar-refractivity contribution in [2.24, 2.45) is 5.73 Å². The largest absolute Gasteiger partial charge is 0.327 e. The first-order valence-electron chi connectivity index (χ1n) is 3.55. The van der Waals surface area contributed by atoms with Gasteiger partial charge in [-0.05, 0) is 12.5 Å². The molecule has 0 saturated carbocycles. The van der Waals surface area contributed by atoms with E-state index in [0.717, 1.165) is 0 Å². The molecule has 0 aliphatic rings. The van der Waals surface area contributed by atoms with Crippen LogP contribution in [-0.4, -0.2) is 12.7 Å². The van der Waals surface area contributed by atoms with Crippen molar-refractivity contribution < 1.29 is 4.39 Å². The van der Waals surface area contributed by atoms with Gasteiger partial charge in [0.05, 0.1) is 0 Å². The summed E-state index contributed by atoms with van der Waals surface area (Å²) in [4.78, 5) is 0. The number of rotatable bonds is 4. The first-order valence-corrected chi connectivity index (χ1v) is 3.55. The van der Waals surface area contributed by atoms with Gasteiger partial charge in [0.2, 0.25) is 0 Å². The Labute approximate surface area is 67.1 Å². The van der Waals surface area contributed by atoms with Crippen molar-refractivity contribution in [2.45, 2.75) is 13.1 Å². The van der Waals surface area contributed by atoms with E-state index in [0.29, 0.717) is 5.57 Å². The average molecular weight is 155 g/mol. The SMILES string of the molecule is C=C/C=C(\C=C/C)C(F)CN. The van der Waals surface area contributed by atoms with Crippen molar-refractivity contribution in [3.63, 3.8) is 0 Å². The van der Waals surface area contributed by atoms with Gasteiger partial charge in [0, 0.05) is 6.54 Å². The van der Waals surface area contributed by atoms with Gasteiger partial charge < -0.3 is 5.73 Å². The van der Waals surface area contributed by atoms with Crippen LogP contribution in [0, 0.1) is 0 Å². The van der Waals surface area contributed by atoms with Crippen LogP contribution in [0.25, 0.3) is 0 Å². The summed E-state index contributed by atoms with van der Waals surface area (Å²) in [5.74, 6) is 0. The summed E-state index contributed by atoms with van der Waals surface area (Å²) in [5, 5.41) is 0. The van der Waals surface area contributed by atoms with E-state index in [4.69, 9.17) is 5.73 Å². The third-order valence-electron chi connectivity index (χ3n) is 1.24. The molecule has 0 aliphatic carbocycles. The van der Waals surface area contributed by atoms with E-state index < -0.39 is 6.17 Å². The van der Waals surface area contributed by atoms with E-state index >= 15 is 0 Å². The molecule has 0 spiro atoms. The van der Waals surface area contributed by atoms with Crippen LogP contribution in [0.3, 0.4) is 0 Å². The maximum absolute atomic E-state index is 12.9. The summed E-state index contributed by atoms with van der Waals surface area (Å²) in [5.41, 5.74) is 5.72. The molecule has 0 radical (unpaired) electrons. The number of hydrogen-bond donors (Lipinski definition) is 1. The zero-order chi connectivity index (χ0) is 8.69. The van der Waals surface area contributed by atoms with E-state index in [1.165, 1.54) is 0 Å². The molecule has 0 aliphatic heterocycles. The van der Waals surface area contributed by atoms with Crippen LogP contribution < -0.4 is 5.73 Å². The average Bonchev–Trinajstić information content (AvgIpc) is 2.03. The fraction of sp³-hybridized carbons (Fsp3) is 0.333. The predicted octanol–water partition coefficient (Wildman–Crippen LogP) is 1.97. The Balaban J connectivity index is 4.32. The molecule has 1 unspecified atom stereocenters. The van der Waals surface area contributed by atoms with Crippen LogP contribution in [0.2, 0.25) is 0 Å². The normalized spacial score (nSPS) is 15.4. The number of allylic oxidation sites excluding steroid dienone is 4. The fourth-order valence-electron chi connectivity index (χ4n) is 0.729. The topological polar surface area (TPSA) is 26.0 Å². The lowest BCUT2D eigenvalue weighted by atomic mass is 10.1. The second-order valence-corrected chi connectivity index (χ2v) is 2.11. The second kappa shape index (κ2) is 5.86. The first kappa shape index (κ1) is 10.1. The van der Waals surface area contributed by atoms with Crippen molar-refractivity contribution >= 4 is 0 Å². The standard InChI is InChI=1S/C9H14FN/c1-3-5-8(6-4-2)9(10)7-11/h3-6,9H,1,7,11H2,2H3/b6-4-,8-5+. The molecular weight excluding hydrogens is 141 g/mol. The van der Waals surface area contributed by atoms with Crippen LogP contribution in [0.4, 0.5) is 4.39 Å². The van der Waals surface area contributed by atoms with Crippen LogP contribution in [0.5, 0.6) is 0 Å². The second-order valence-electron chi connectivity index (χ2n) is 2.11. The Morgan fingerprint density at radius 1 is 1.73 bits per heavy atom. The van der Waals surface area contributed by atoms with E-state index in [1.807, 2.05) is 6.92 Å². The maximum Gasteiger partial charge on any atom is 0.137 e. The minimum atomic E-state index is -1.08. The first-order chi connectivity index (χ1) is 5.26. The molecule has 0 aromatic carbocycles. The van der Waals surface area contributed by atoms with Gasteiger partial charge in [-0.25, -0.2) is 4.39 Å². The highest BCUT2D eigenvalue weighted by atomic mass is 19.1. The molecule has 1 nitrogen and oxygen atoms in total. The molecule has 0 heterocycles. The Kier molecular flexibility index (Phi) is 5.39. The van der Waals surface area contributed by atoms with E-state index in [9.17, 15) is 4.39 Å². The zero-order valence-corrected chi connectivity index (χ0v) is 6.76. The molecule has 0 rings (SSSR count). The van der Waals surface area contributed by atoms with Crippen molar-refractivity contribution in [1.82, 2.24) is 0 Å². The van der Waals surface area contributed by atoms with Crippen LogP contribution in [0.15, 0.2) is 36.5 Å². The lowest BCUT2D eigenvalue weighted by Gasteiger charge is -2.04. The Morgan fingerprint density at radius 3 is 2.73 bits per heavy atom. The summed E-state index contributed by atoms with van der Waals surface area (Å²) in [6, 6.07) is 0. The molecule has 2 heteroatoms. The smallest absolute Gasteiger partial charge is 0.137 e. The van der Waals surface area contributed by atoms with Gasteiger partial charge in [0.1, 0.15) is 6.17 Å². The molecule has 0 saturated heterocycles. The minimum absolute atomic E-state index is 0.0179. The van der Waals surface area contributed by atoms with Gasteiger partial charge in [0.15, 0.2) is 0 Å². The number of hydrogen-bond acceptors (Lipinski definition) is 1. The van der Waals surface area contributed by atoms with Crippen LogP contribution in [0.1, 0.15) is 6.92 Å². The van der Waals surface area contributed by atoms with Gasteiger partial charge in [0.25, 0.3) is 0 Å². The molecule has 1 atom stereocenters. The van der Waals surface area contributed by atoms with Gasteiger partial charge >= 0.3 is 0 Å². The fourth-order valence-corrected chi connectivity index (χ4v) is 0.729. The molecule has 0 aromatic rings. The number of alkyl halides is 1. The molecule has 0 bridgehead atoms. The highest BCUT2D eigenvalue weighted by Crippen LogP contribution is 2.07. The number of nitrogens with two attached hydrogens (primary N) is 1. The summed E-state index contributed by atoms with van der Waals surface area (Å²) >= 11 is 0. The molecule has 2 N–H and O–H groups in total. The summed E-state index contributed by atoms with van der Waals surface area (Å²) in [6.45, 7) is 5.33. The van der Waals surface area contributed by atoms with Gasteiger partial charge in [-0.2, -0.15) is 0 Å². The third-order valence-corrected chi connectivity index (χ3v) is 1.24. The van der Waals surface area contributed by atoms with Gasteiger partial charge in [-0.3, -0.25) is 0 Å². The van der Waals surface area contributed by atoms with Gasteiger partial charge in [-0.1, -0.05) is 30.9 Å². The van der Waals surface area contributed by atoms with Crippen LogP contribution in [-0.2, 0) is 0 Å². The van der Waals surface area contributed by atoms with Crippen LogP contribution >= 0.6 is 0 Å². The van der Waals surface area contributed by atoms with Crippen molar-refractivity contribution in [2.75, 3.05) is 6.54 Å². The van der Waals surface area contributed by atoms with Gasteiger partial charge in [-0.15, -0.1) is 0 Å². The lowest BCUT2D eigenvalue weighted by molar-refractivity contribution is 0.396. The summed E-state index contributed by atoms with van der Waals surface area (Å²) in [6.07, 6.45) is 5.57. The van der Waals surface area contributed by atoms with Crippen molar-refractivity contribution in [3.8, 4) is 0 Å². The Hall–Kier alpha value is -0.890. The molecule has 0 aromatic heterocycles. The highest BCUT2D eigenvalue weighted by molar-refractivity contribution is 5.26. The zero-order valence-electron chi connectivity index (χ0n) is 6.76. The summed E-state index contributed by atoms with van der Waals surface area (Å²) < 4.78 is 12.9. The molecule has 0 fully saturated rings. The number of halogens is 1. The quantitative estimate of drug-likeness (QED) is 0.617. The third kappa shape index (κ3) is 3.73. The van der Waals surface area contributed by atoms with Crippen molar-refractivity contribution in [3.05, 3.63) is 36.5 Å². The Bertz CT molecular complexity index is 170.